The van der Waals surface area contributed by atoms with Gasteiger partial charge in [0.1, 0.15) is 10.6 Å². The summed E-state index contributed by atoms with van der Waals surface area (Å²) in [5.41, 5.74) is 1.12. The van der Waals surface area contributed by atoms with E-state index in [4.69, 9.17) is 0 Å². The first-order valence-electron chi connectivity index (χ1n) is 9.35. The standard InChI is InChI=1S/C18H29N3O3S/c1-4-15-9-5-6-12-21(15)18(22)16-13-17(14(2)19(16)3)25(23,24)20-10-7-8-11-20/h13,15H,4-12H2,1-3H3/t15-/m0/s1. The molecule has 0 unspecified atom stereocenters. The minimum absolute atomic E-state index is 0.0416. The first kappa shape index (κ1) is 18.5. The van der Waals surface area contributed by atoms with Gasteiger partial charge in [0, 0.05) is 38.4 Å². The fourth-order valence-corrected chi connectivity index (χ4v) is 5.83. The molecule has 3 rings (SSSR count). The molecule has 0 saturated carbocycles. The first-order chi connectivity index (χ1) is 11.9. The lowest BCUT2D eigenvalue weighted by atomic mass is 9.99. The number of aromatic nitrogens is 1. The number of hydrogen-bond acceptors (Lipinski definition) is 3. The fraction of sp³-hybridized carbons (Fsp3) is 0.722. The Balaban J connectivity index is 1.94. The highest BCUT2D eigenvalue weighted by molar-refractivity contribution is 7.89. The normalized spacial score (nSPS) is 22.5. The third kappa shape index (κ3) is 3.24. The largest absolute Gasteiger partial charge is 0.343 e. The zero-order chi connectivity index (χ0) is 18.2. The molecule has 6 nitrogen and oxygen atoms in total. The summed E-state index contributed by atoms with van der Waals surface area (Å²) >= 11 is 0. The molecule has 0 aliphatic carbocycles. The Morgan fingerprint density at radius 2 is 1.80 bits per heavy atom. The molecule has 0 spiro atoms. The second-order valence-corrected chi connectivity index (χ2v) is 9.11. The van der Waals surface area contributed by atoms with Gasteiger partial charge in [0.15, 0.2) is 0 Å². The van der Waals surface area contributed by atoms with Crippen LogP contribution in [0.2, 0.25) is 0 Å². The lowest BCUT2D eigenvalue weighted by Gasteiger charge is -2.35. The van der Waals surface area contributed by atoms with Gasteiger partial charge < -0.3 is 9.47 Å². The van der Waals surface area contributed by atoms with Gasteiger partial charge in [-0.15, -0.1) is 0 Å². The van der Waals surface area contributed by atoms with Crippen LogP contribution in [0.15, 0.2) is 11.0 Å². The van der Waals surface area contributed by atoms with Gasteiger partial charge >= 0.3 is 0 Å². The number of sulfonamides is 1. The van der Waals surface area contributed by atoms with Crippen molar-refractivity contribution in [2.45, 2.75) is 63.3 Å². The van der Waals surface area contributed by atoms with Crippen LogP contribution in [0.1, 0.15) is 61.6 Å². The average Bonchev–Trinajstić information content (AvgIpc) is 3.25. The molecule has 7 heteroatoms. The van der Waals surface area contributed by atoms with Crippen molar-refractivity contribution in [2.75, 3.05) is 19.6 Å². The predicted molar refractivity (Wildman–Crippen MR) is 97.1 cm³/mol. The van der Waals surface area contributed by atoms with Gasteiger partial charge in [0.05, 0.1) is 0 Å². The molecule has 1 aromatic heterocycles. The molecule has 3 heterocycles. The van der Waals surface area contributed by atoms with E-state index >= 15 is 0 Å². The van der Waals surface area contributed by atoms with Crippen molar-refractivity contribution in [3.63, 3.8) is 0 Å². The van der Waals surface area contributed by atoms with E-state index in [1.165, 1.54) is 0 Å². The van der Waals surface area contributed by atoms with E-state index in [1.54, 1.807) is 28.9 Å². The summed E-state index contributed by atoms with van der Waals surface area (Å²) < 4.78 is 29.1. The Morgan fingerprint density at radius 3 is 2.44 bits per heavy atom. The number of carbonyl (C=O) groups excluding carboxylic acids is 1. The van der Waals surface area contributed by atoms with Crippen LogP contribution >= 0.6 is 0 Å². The number of likely N-dealkylation sites (tertiary alicyclic amines) is 1. The van der Waals surface area contributed by atoms with Gasteiger partial charge in [0.2, 0.25) is 10.0 Å². The molecule has 0 aromatic carbocycles. The van der Waals surface area contributed by atoms with Crippen molar-refractivity contribution >= 4 is 15.9 Å². The van der Waals surface area contributed by atoms with E-state index in [-0.39, 0.29) is 16.8 Å². The molecule has 2 aliphatic rings. The van der Waals surface area contributed by atoms with Crippen LogP contribution in [0.5, 0.6) is 0 Å². The first-order valence-corrected chi connectivity index (χ1v) is 10.8. The molecule has 1 aromatic rings. The average molecular weight is 368 g/mol. The number of rotatable bonds is 4. The van der Waals surface area contributed by atoms with E-state index in [0.717, 1.165) is 45.1 Å². The van der Waals surface area contributed by atoms with Crippen molar-refractivity contribution in [2.24, 2.45) is 7.05 Å². The van der Waals surface area contributed by atoms with Crippen molar-refractivity contribution in [1.82, 2.24) is 13.8 Å². The minimum Gasteiger partial charge on any atom is -0.343 e. The fourth-order valence-electron chi connectivity index (χ4n) is 4.04. The SMILES string of the molecule is CC[C@H]1CCCCN1C(=O)c1cc(S(=O)(=O)N2CCCC2)c(C)n1C. The Labute approximate surface area is 150 Å². The Bertz CT molecular complexity index is 748. The van der Waals surface area contributed by atoms with E-state index in [9.17, 15) is 13.2 Å². The summed E-state index contributed by atoms with van der Waals surface area (Å²) in [7, 11) is -1.72. The van der Waals surface area contributed by atoms with Crippen LogP contribution in [0.25, 0.3) is 0 Å². The van der Waals surface area contributed by atoms with Crippen LogP contribution in [0.4, 0.5) is 0 Å². The molecule has 2 saturated heterocycles. The maximum Gasteiger partial charge on any atom is 0.270 e. The number of hydrogen-bond donors (Lipinski definition) is 0. The van der Waals surface area contributed by atoms with Crippen LogP contribution in [-0.2, 0) is 17.1 Å². The molecule has 0 radical (unpaired) electrons. The number of piperidine rings is 1. The van der Waals surface area contributed by atoms with Gasteiger partial charge in [-0.1, -0.05) is 6.92 Å². The van der Waals surface area contributed by atoms with E-state index in [1.807, 2.05) is 4.90 Å². The molecular weight excluding hydrogens is 338 g/mol. The predicted octanol–water partition coefficient (Wildman–Crippen LogP) is 2.52. The summed E-state index contributed by atoms with van der Waals surface area (Å²) in [5, 5.41) is 0. The maximum absolute atomic E-state index is 13.1. The summed E-state index contributed by atoms with van der Waals surface area (Å²) in [6.45, 7) is 5.80. The molecule has 2 aliphatic heterocycles. The van der Waals surface area contributed by atoms with Gasteiger partial charge in [-0.3, -0.25) is 4.79 Å². The highest BCUT2D eigenvalue weighted by Gasteiger charge is 2.34. The molecule has 0 N–H and O–H groups in total. The van der Waals surface area contributed by atoms with Gasteiger partial charge in [-0.05, 0) is 51.5 Å². The molecule has 1 amide bonds. The van der Waals surface area contributed by atoms with Crippen LogP contribution in [0.3, 0.4) is 0 Å². The van der Waals surface area contributed by atoms with Crippen LogP contribution < -0.4 is 0 Å². The highest BCUT2D eigenvalue weighted by Crippen LogP contribution is 2.28. The van der Waals surface area contributed by atoms with Gasteiger partial charge in [-0.25, -0.2) is 8.42 Å². The molecular formula is C18H29N3O3S. The van der Waals surface area contributed by atoms with Crippen molar-refractivity contribution in [3.05, 3.63) is 17.5 Å². The van der Waals surface area contributed by atoms with Crippen molar-refractivity contribution in [1.29, 1.82) is 0 Å². The highest BCUT2D eigenvalue weighted by atomic mass is 32.2. The van der Waals surface area contributed by atoms with Gasteiger partial charge in [0.25, 0.3) is 5.91 Å². The van der Waals surface area contributed by atoms with Crippen molar-refractivity contribution in [3.8, 4) is 0 Å². The Hall–Kier alpha value is -1.34. The maximum atomic E-state index is 13.1. The Kier molecular flexibility index (Phi) is 5.25. The molecule has 2 fully saturated rings. The lowest BCUT2D eigenvalue weighted by Crippen LogP contribution is -2.44. The molecule has 0 bridgehead atoms. The number of nitrogens with zero attached hydrogens (tertiary/aromatic N) is 3. The zero-order valence-corrected chi connectivity index (χ0v) is 16.3. The smallest absolute Gasteiger partial charge is 0.270 e. The zero-order valence-electron chi connectivity index (χ0n) is 15.5. The number of carbonyl (C=O) groups is 1. The van der Waals surface area contributed by atoms with E-state index < -0.39 is 10.0 Å². The van der Waals surface area contributed by atoms with E-state index in [2.05, 4.69) is 6.92 Å². The summed E-state index contributed by atoms with van der Waals surface area (Å²) in [6.07, 6.45) is 5.96. The number of amides is 1. The second kappa shape index (κ2) is 7.11. The third-order valence-electron chi connectivity index (χ3n) is 5.75. The Morgan fingerprint density at radius 1 is 1.16 bits per heavy atom. The molecule has 25 heavy (non-hydrogen) atoms. The molecule has 140 valence electrons. The summed E-state index contributed by atoms with van der Waals surface area (Å²) in [5.74, 6) is -0.0416. The third-order valence-corrected chi connectivity index (χ3v) is 7.76. The summed E-state index contributed by atoms with van der Waals surface area (Å²) in [4.78, 5) is 15.3. The van der Waals surface area contributed by atoms with Crippen LogP contribution in [0, 0.1) is 6.92 Å². The quantitative estimate of drug-likeness (QED) is 0.821. The van der Waals surface area contributed by atoms with Crippen molar-refractivity contribution < 1.29 is 13.2 Å². The lowest BCUT2D eigenvalue weighted by molar-refractivity contribution is 0.0598. The van der Waals surface area contributed by atoms with E-state index in [0.29, 0.717) is 24.5 Å². The topological polar surface area (TPSA) is 62.6 Å². The molecule has 1 atom stereocenters. The summed E-state index contributed by atoms with van der Waals surface area (Å²) in [6, 6.07) is 1.85. The van der Waals surface area contributed by atoms with Gasteiger partial charge in [-0.2, -0.15) is 4.31 Å². The van der Waals surface area contributed by atoms with Crippen LogP contribution in [-0.4, -0.2) is 53.8 Å². The second-order valence-electron chi connectivity index (χ2n) is 7.21. The minimum atomic E-state index is -3.51. The monoisotopic (exact) mass is 367 g/mol.